The van der Waals surface area contributed by atoms with Crippen LogP contribution in [0.5, 0.6) is 0 Å². The summed E-state index contributed by atoms with van der Waals surface area (Å²) >= 11 is 0. The number of nitrogens with zero attached hydrogens (tertiary/aromatic N) is 2. The van der Waals surface area contributed by atoms with Crippen LogP contribution in [0.1, 0.15) is 27.2 Å². The van der Waals surface area contributed by atoms with Crippen LogP contribution in [0.25, 0.3) is 0 Å². The van der Waals surface area contributed by atoms with Gasteiger partial charge in [0.15, 0.2) is 0 Å². The Balaban J connectivity index is 2.85. The van der Waals surface area contributed by atoms with Crippen LogP contribution >= 0.6 is 0 Å². The van der Waals surface area contributed by atoms with Crippen molar-refractivity contribution in [1.82, 2.24) is 9.80 Å². The molecule has 0 spiro atoms. The van der Waals surface area contributed by atoms with Crippen molar-refractivity contribution in [1.29, 1.82) is 0 Å². The summed E-state index contributed by atoms with van der Waals surface area (Å²) in [4.78, 5) is 38.7. The summed E-state index contributed by atoms with van der Waals surface area (Å²) < 4.78 is 0. The summed E-state index contributed by atoms with van der Waals surface area (Å²) in [7, 11) is 1.61. The number of hydrogen-bond donors (Lipinski definition) is 0. The predicted octanol–water partition coefficient (Wildman–Crippen LogP) is 1.40. The Morgan fingerprint density at radius 1 is 1.48 bits per heavy atom. The van der Waals surface area contributed by atoms with Gasteiger partial charge in [0.25, 0.3) is 0 Å². The Morgan fingerprint density at radius 2 is 2.10 bits per heavy atom. The third-order valence-corrected chi connectivity index (χ3v) is 3.55. The molecule has 116 valence electrons. The average Bonchev–Trinajstić information content (AvgIpc) is 2.91. The third kappa shape index (κ3) is 4.03. The van der Waals surface area contributed by atoms with Gasteiger partial charge in [0.1, 0.15) is 12.3 Å². The lowest BCUT2D eigenvalue weighted by atomic mass is 10.0. The van der Waals surface area contributed by atoms with Gasteiger partial charge in [-0.05, 0) is 19.3 Å². The number of carbonyl (C=O) groups excluding carboxylic acids is 3. The Kier molecular flexibility index (Phi) is 5.88. The Morgan fingerprint density at radius 3 is 2.57 bits per heavy atom. The van der Waals surface area contributed by atoms with Crippen molar-refractivity contribution < 1.29 is 14.4 Å². The number of amides is 2. The van der Waals surface area contributed by atoms with E-state index in [1.54, 1.807) is 26.1 Å². The zero-order chi connectivity index (χ0) is 16.2. The summed E-state index contributed by atoms with van der Waals surface area (Å²) in [5.41, 5.74) is 0.397. The molecule has 2 atom stereocenters. The van der Waals surface area contributed by atoms with Crippen LogP contribution in [0.3, 0.4) is 0 Å². The number of hydrogen-bond acceptors (Lipinski definition) is 3. The van der Waals surface area contributed by atoms with E-state index in [4.69, 9.17) is 0 Å². The van der Waals surface area contributed by atoms with Gasteiger partial charge in [-0.2, -0.15) is 0 Å². The van der Waals surface area contributed by atoms with Crippen LogP contribution in [0, 0.1) is 5.92 Å². The van der Waals surface area contributed by atoms with Crippen LogP contribution in [0.4, 0.5) is 0 Å². The molecule has 0 aromatic carbocycles. The quantitative estimate of drug-likeness (QED) is 0.422. The summed E-state index contributed by atoms with van der Waals surface area (Å²) in [6, 6.07) is -1.11. The van der Waals surface area contributed by atoms with Gasteiger partial charge in [-0.3, -0.25) is 9.59 Å². The van der Waals surface area contributed by atoms with Gasteiger partial charge >= 0.3 is 0 Å². The first kappa shape index (κ1) is 17.1. The third-order valence-electron chi connectivity index (χ3n) is 3.55. The molecule has 0 saturated carbocycles. The van der Waals surface area contributed by atoms with Crippen molar-refractivity contribution in [3.05, 3.63) is 24.3 Å². The second-order valence-electron chi connectivity index (χ2n) is 5.89. The molecule has 1 aliphatic heterocycles. The zero-order valence-corrected chi connectivity index (χ0v) is 13.2. The lowest BCUT2D eigenvalue weighted by Gasteiger charge is -2.31. The average molecular weight is 292 g/mol. The number of carbonyl (C=O) groups is 3. The molecule has 5 heteroatoms. The molecule has 0 aliphatic carbocycles. The highest BCUT2D eigenvalue weighted by Crippen LogP contribution is 2.17. The van der Waals surface area contributed by atoms with Crippen molar-refractivity contribution in [3.63, 3.8) is 0 Å². The van der Waals surface area contributed by atoms with E-state index >= 15 is 0 Å². The first-order valence-corrected chi connectivity index (χ1v) is 7.14. The molecule has 5 nitrogen and oxygen atoms in total. The van der Waals surface area contributed by atoms with Crippen molar-refractivity contribution >= 4 is 18.1 Å². The van der Waals surface area contributed by atoms with E-state index in [0.717, 1.165) is 6.29 Å². The first-order valence-electron chi connectivity index (χ1n) is 7.14. The molecule has 0 bridgehead atoms. The first-order chi connectivity index (χ1) is 9.79. The summed E-state index contributed by atoms with van der Waals surface area (Å²) in [6.07, 6.45) is 4.89. The molecular formula is C16H24N2O3. The van der Waals surface area contributed by atoms with Gasteiger partial charge in [-0.15, -0.1) is 0 Å². The molecule has 0 radical (unpaired) electrons. The van der Waals surface area contributed by atoms with Crippen LogP contribution in [-0.4, -0.2) is 53.6 Å². The molecule has 2 amide bonds. The molecule has 1 rings (SSSR count). The fourth-order valence-corrected chi connectivity index (χ4v) is 2.35. The van der Waals surface area contributed by atoms with Crippen molar-refractivity contribution in [2.75, 3.05) is 13.6 Å². The molecule has 0 fully saturated rings. The molecule has 1 aliphatic rings. The minimum atomic E-state index is -0.645. The topological polar surface area (TPSA) is 57.7 Å². The number of rotatable bonds is 6. The summed E-state index contributed by atoms with van der Waals surface area (Å²) in [5, 5.41) is 0. The molecule has 0 saturated heterocycles. The highest BCUT2D eigenvalue weighted by molar-refractivity contribution is 5.98. The number of aldehydes is 1. The van der Waals surface area contributed by atoms with E-state index in [1.165, 1.54) is 9.80 Å². The molecule has 0 N–H and O–H groups in total. The molecule has 1 heterocycles. The SMILES string of the molecule is C=C(C)C(=O)N1CC=C[C@@H]1C(=O)N(C)C(C=O)CC(C)C. The summed E-state index contributed by atoms with van der Waals surface area (Å²) in [5.74, 6) is -0.169. The number of likely N-dealkylation sites (N-methyl/N-ethyl adjacent to an activating group) is 1. The van der Waals surface area contributed by atoms with Crippen LogP contribution in [0.15, 0.2) is 24.3 Å². The fraction of sp³-hybridized carbons (Fsp3) is 0.562. The van der Waals surface area contributed by atoms with E-state index in [2.05, 4.69) is 6.58 Å². The van der Waals surface area contributed by atoms with Crippen LogP contribution < -0.4 is 0 Å². The molecule has 1 unspecified atom stereocenters. The standard InChI is InChI=1S/C16H24N2O3/c1-11(2)9-13(10-19)17(5)16(21)14-7-6-8-18(14)15(20)12(3)4/h6-7,10-11,13-14H,3,8-9H2,1-2,4-5H3/t13?,14-/m1/s1. The smallest absolute Gasteiger partial charge is 0.250 e. The molecular weight excluding hydrogens is 268 g/mol. The van der Waals surface area contributed by atoms with E-state index < -0.39 is 12.1 Å². The van der Waals surface area contributed by atoms with Gasteiger partial charge in [-0.25, -0.2) is 0 Å². The monoisotopic (exact) mass is 292 g/mol. The maximum Gasteiger partial charge on any atom is 0.250 e. The van der Waals surface area contributed by atoms with Gasteiger partial charge in [-0.1, -0.05) is 32.6 Å². The molecule has 21 heavy (non-hydrogen) atoms. The zero-order valence-electron chi connectivity index (χ0n) is 13.2. The maximum atomic E-state index is 12.6. The highest BCUT2D eigenvalue weighted by atomic mass is 16.2. The largest absolute Gasteiger partial charge is 0.334 e. The van der Waals surface area contributed by atoms with E-state index in [-0.39, 0.29) is 11.8 Å². The lowest BCUT2D eigenvalue weighted by Crippen LogP contribution is -2.50. The lowest BCUT2D eigenvalue weighted by molar-refractivity contribution is -0.142. The van der Waals surface area contributed by atoms with E-state index in [9.17, 15) is 14.4 Å². The van der Waals surface area contributed by atoms with Gasteiger partial charge < -0.3 is 14.6 Å². The van der Waals surface area contributed by atoms with Gasteiger partial charge in [0, 0.05) is 19.2 Å². The van der Waals surface area contributed by atoms with Crippen molar-refractivity contribution in [3.8, 4) is 0 Å². The Labute approximate surface area is 126 Å². The van der Waals surface area contributed by atoms with Gasteiger partial charge in [0.05, 0.1) is 6.04 Å². The molecule has 0 aromatic heterocycles. The van der Waals surface area contributed by atoms with E-state index in [0.29, 0.717) is 24.5 Å². The van der Waals surface area contributed by atoms with Gasteiger partial charge in [0.2, 0.25) is 11.8 Å². The van der Waals surface area contributed by atoms with Crippen molar-refractivity contribution in [2.24, 2.45) is 5.92 Å². The predicted molar refractivity (Wildman–Crippen MR) is 81.5 cm³/mol. The van der Waals surface area contributed by atoms with Crippen molar-refractivity contribution in [2.45, 2.75) is 39.3 Å². The van der Waals surface area contributed by atoms with E-state index in [1.807, 2.05) is 13.8 Å². The Hall–Kier alpha value is -1.91. The molecule has 0 aromatic rings. The second-order valence-corrected chi connectivity index (χ2v) is 5.89. The maximum absolute atomic E-state index is 12.6. The second kappa shape index (κ2) is 7.20. The van der Waals surface area contributed by atoms with Crippen LogP contribution in [0.2, 0.25) is 0 Å². The normalized spacial score (nSPS) is 18.7. The Bertz CT molecular complexity index is 468. The van der Waals surface area contributed by atoms with Crippen LogP contribution in [-0.2, 0) is 14.4 Å². The highest BCUT2D eigenvalue weighted by Gasteiger charge is 2.34. The minimum Gasteiger partial charge on any atom is -0.334 e. The fourth-order valence-electron chi connectivity index (χ4n) is 2.35. The minimum absolute atomic E-state index is 0.238. The summed E-state index contributed by atoms with van der Waals surface area (Å²) in [6.45, 7) is 9.65.